The minimum absolute atomic E-state index is 0.0387. The molecule has 0 fully saturated rings. The van der Waals surface area contributed by atoms with Crippen molar-refractivity contribution in [3.05, 3.63) is 70.6 Å². The Morgan fingerprint density at radius 2 is 2.06 bits per heavy atom. The number of carbonyl (C=O) groups excluding carboxylic acids is 2. The summed E-state index contributed by atoms with van der Waals surface area (Å²) in [6.07, 6.45) is 6.16. The van der Waals surface area contributed by atoms with Crippen LogP contribution in [0.4, 0.5) is 0 Å². The highest BCUT2D eigenvalue weighted by atomic mass is 16.5. The molecule has 168 valence electrons. The van der Waals surface area contributed by atoms with Crippen LogP contribution < -0.4 is 5.32 Å². The number of Topliss-reactive ketones (excluding diaryl/α,β-unsaturated/α-hetero) is 1. The zero-order valence-electron chi connectivity index (χ0n) is 18.6. The van der Waals surface area contributed by atoms with Crippen LogP contribution in [-0.4, -0.2) is 40.1 Å². The van der Waals surface area contributed by atoms with E-state index in [1.165, 1.54) is 0 Å². The summed E-state index contributed by atoms with van der Waals surface area (Å²) in [5.41, 5.74) is 3.91. The summed E-state index contributed by atoms with van der Waals surface area (Å²) in [5.74, 6) is -0.969. The summed E-state index contributed by atoms with van der Waals surface area (Å²) in [6, 6.07) is 5.53. The number of allylic oxidation sites excluding steroid dienone is 2. The van der Waals surface area contributed by atoms with Crippen LogP contribution in [-0.2, 0) is 25.7 Å². The highest BCUT2D eigenvalue weighted by Gasteiger charge is 2.43. The second-order valence-corrected chi connectivity index (χ2v) is 8.86. The lowest BCUT2D eigenvalue weighted by atomic mass is 9.69. The zero-order valence-corrected chi connectivity index (χ0v) is 18.6. The molecular formula is C24H28N4O4. The van der Waals surface area contributed by atoms with Gasteiger partial charge in [0.1, 0.15) is 0 Å². The van der Waals surface area contributed by atoms with E-state index in [0.29, 0.717) is 36.3 Å². The van der Waals surface area contributed by atoms with Crippen molar-refractivity contribution in [1.29, 1.82) is 0 Å². The van der Waals surface area contributed by atoms with Gasteiger partial charge in [-0.3, -0.25) is 14.9 Å². The number of aromatic amines is 1. The van der Waals surface area contributed by atoms with E-state index in [4.69, 9.17) is 9.47 Å². The molecule has 0 amide bonds. The number of esters is 1. The summed E-state index contributed by atoms with van der Waals surface area (Å²) in [5, 5.41) is 10.2. The van der Waals surface area contributed by atoms with E-state index in [-0.39, 0.29) is 24.4 Å². The highest BCUT2D eigenvalue weighted by molar-refractivity contribution is 6.04. The topological polar surface area (TPSA) is 106 Å². The molecule has 1 aliphatic heterocycles. The molecule has 8 heteroatoms. The second kappa shape index (κ2) is 9.08. The molecule has 2 aromatic heterocycles. The Morgan fingerprint density at radius 3 is 2.75 bits per heavy atom. The lowest BCUT2D eigenvalue weighted by Gasteiger charge is -2.39. The Hall–Kier alpha value is -3.26. The molecule has 2 N–H and O–H groups in total. The van der Waals surface area contributed by atoms with Crippen LogP contribution in [0.2, 0.25) is 0 Å². The van der Waals surface area contributed by atoms with Crippen molar-refractivity contribution in [2.24, 2.45) is 5.41 Å². The van der Waals surface area contributed by atoms with Crippen molar-refractivity contribution in [3.63, 3.8) is 0 Å². The van der Waals surface area contributed by atoms with Crippen molar-refractivity contribution in [3.8, 4) is 0 Å². The molecule has 0 aromatic carbocycles. The fraction of sp³-hybridized carbons (Fsp3) is 0.417. The first kappa shape index (κ1) is 22.0. The Labute approximate surface area is 187 Å². The van der Waals surface area contributed by atoms with Gasteiger partial charge in [0, 0.05) is 42.2 Å². The molecule has 0 spiro atoms. The number of nitrogens with one attached hydrogen (secondary N) is 2. The average molecular weight is 437 g/mol. The molecule has 2 aliphatic rings. The summed E-state index contributed by atoms with van der Waals surface area (Å²) in [7, 11) is 0. The van der Waals surface area contributed by atoms with Gasteiger partial charge >= 0.3 is 5.97 Å². The number of dihydropyridines is 1. The van der Waals surface area contributed by atoms with Gasteiger partial charge in [-0.2, -0.15) is 5.10 Å². The number of aromatic nitrogens is 3. The van der Waals surface area contributed by atoms with Crippen LogP contribution in [0.15, 0.2) is 59.3 Å². The van der Waals surface area contributed by atoms with Crippen molar-refractivity contribution < 1.29 is 19.1 Å². The summed E-state index contributed by atoms with van der Waals surface area (Å²) >= 11 is 0. The first-order valence-electron chi connectivity index (χ1n) is 10.8. The quantitative estimate of drug-likeness (QED) is 0.642. The van der Waals surface area contributed by atoms with E-state index in [0.717, 1.165) is 17.0 Å². The summed E-state index contributed by atoms with van der Waals surface area (Å²) < 4.78 is 11.3. The van der Waals surface area contributed by atoms with Crippen LogP contribution in [0.5, 0.6) is 0 Å². The van der Waals surface area contributed by atoms with Crippen LogP contribution in [0.25, 0.3) is 0 Å². The van der Waals surface area contributed by atoms with Gasteiger partial charge in [-0.15, -0.1) is 0 Å². The third kappa shape index (κ3) is 4.50. The maximum Gasteiger partial charge on any atom is 0.336 e. The number of hydrogen-bond donors (Lipinski definition) is 2. The van der Waals surface area contributed by atoms with Gasteiger partial charge in [-0.25, -0.2) is 4.79 Å². The molecule has 0 saturated carbocycles. The molecular weight excluding hydrogens is 408 g/mol. The molecule has 0 saturated heterocycles. The Bertz CT molecular complexity index is 1050. The number of hydrogen-bond acceptors (Lipinski definition) is 7. The normalized spacial score (nSPS) is 20.1. The van der Waals surface area contributed by atoms with Crippen LogP contribution in [0.3, 0.4) is 0 Å². The van der Waals surface area contributed by atoms with Crippen LogP contribution in [0, 0.1) is 5.41 Å². The lowest BCUT2D eigenvalue weighted by Crippen LogP contribution is -2.40. The van der Waals surface area contributed by atoms with E-state index in [1.54, 1.807) is 25.5 Å². The number of H-pyrrole nitrogens is 1. The van der Waals surface area contributed by atoms with Crippen molar-refractivity contribution in [2.75, 3.05) is 13.2 Å². The zero-order chi connectivity index (χ0) is 22.7. The third-order valence-corrected chi connectivity index (χ3v) is 5.70. The number of nitrogens with zero attached hydrogens (tertiary/aromatic N) is 2. The van der Waals surface area contributed by atoms with Gasteiger partial charge in [-0.05, 0) is 36.5 Å². The SMILES string of the molecule is CCOC(=O)C1=C(COCc2ccn[nH]2)NC2=C(C(=O)CC(C)(C)C2)C1c1cccnc1. The Kier molecular flexibility index (Phi) is 6.23. The maximum atomic E-state index is 13.3. The summed E-state index contributed by atoms with van der Waals surface area (Å²) in [6.45, 7) is 6.63. The molecule has 2 aromatic rings. The molecule has 0 radical (unpaired) electrons. The largest absolute Gasteiger partial charge is 0.463 e. The number of pyridine rings is 1. The minimum atomic E-state index is -0.548. The van der Waals surface area contributed by atoms with E-state index in [9.17, 15) is 9.59 Å². The predicted octanol–water partition coefficient (Wildman–Crippen LogP) is 3.17. The third-order valence-electron chi connectivity index (χ3n) is 5.70. The number of ether oxygens (including phenoxy) is 2. The fourth-order valence-corrected chi connectivity index (χ4v) is 4.42. The molecule has 0 bridgehead atoms. The summed E-state index contributed by atoms with van der Waals surface area (Å²) in [4.78, 5) is 30.7. The van der Waals surface area contributed by atoms with Crippen molar-refractivity contribution in [2.45, 2.75) is 46.1 Å². The van der Waals surface area contributed by atoms with Crippen molar-refractivity contribution >= 4 is 11.8 Å². The van der Waals surface area contributed by atoms with Crippen LogP contribution >= 0.6 is 0 Å². The monoisotopic (exact) mass is 436 g/mol. The van der Waals surface area contributed by atoms with E-state index < -0.39 is 11.9 Å². The standard InChI is InChI=1S/C24H28N4O4/c1-4-32-23(30)22-18(14-31-13-16-7-9-26-28-16)27-17-10-24(2,3)11-19(29)21(17)20(22)15-6-5-8-25-12-15/h5-9,12,20,27H,4,10-11,13-14H2,1-3H3,(H,26,28). The van der Waals surface area contributed by atoms with Crippen molar-refractivity contribution in [1.82, 2.24) is 20.5 Å². The fourth-order valence-electron chi connectivity index (χ4n) is 4.42. The molecule has 1 atom stereocenters. The number of rotatable bonds is 7. The highest BCUT2D eigenvalue weighted by Crippen LogP contribution is 2.46. The van der Waals surface area contributed by atoms with Gasteiger partial charge in [0.2, 0.25) is 0 Å². The van der Waals surface area contributed by atoms with E-state index in [1.807, 2.05) is 18.2 Å². The maximum absolute atomic E-state index is 13.3. The van der Waals surface area contributed by atoms with Gasteiger partial charge in [0.15, 0.2) is 5.78 Å². The molecule has 1 aliphatic carbocycles. The lowest BCUT2D eigenvalue weighted by molar-refractivity contribution is -0.139. The Balaban J connectivity index is 1.77. The smallest absolute Gasteiger partial charge is 0.336 e. The predicted molar refractivity (Wildman–Crippen MR) is 117 cm³/mol. The second-order valence-electron chi connectivity index (χ2n) is 8.86. The van der Waals surface area contributed by atoms with E-state index in [2.05, 4.69) is 34.3 Å². The molecule has 8 nitrogen and oxygen atoms in total. The number of ketones is 1. The van der Waals surface area contributed by atoms with Gasteiger partial charge in [0.05, 0.1) is 36.8 Å². The van der Waals surface area contributed by atoms with E-state index >= 15 is 0 Å². The first-order chi connectivity index (χ1) is 15.4. The minimum Gasteiger partial charge on any atom is -0.463 e. The first-order valence-corrected chi connectivity index (χ1v) is 10.8. The molecule has 3 heterocycles. The molecule has 32 heavy (non-hydrogen) atoms. The number of carbonyl (C=O) groups is 2. The van der Waals surface area contributed by atoms with Gasteiger partial charge in [-0.1, -0.05) is 19.9 Å². The van der Waals surface area contributed by atoms with Gasteiger partial charge < -0.3 is 14.8 Å². The molecule has 1 unspecified atom stereocenters. The molecule has 4 rings (SSSR count). The average Bonchev–Trinajstić information content (AvgIpc) is 3.26. The van der Waals surface area contributed by atoms with Crippen LogP contribution in [0.1, 0.15) is 50.8 Å². The van der Waals surface area contributed by atoms with Gasteiger partial charge in [0.25, 0.3) is 0 Å². The Morgan fingerprint density at radius 1 is 1.22 bits per heavy atom.